The van der Waals surface area contributed by atoms with Crippen molar-refractivity contribution in [1.82, 2.24) is 4.98 Å². The topological polar surface area (TPSA) is 67.5 Å². The largest absolute Gasteiger partial charge is 0.438 e. The summed E-state index contributed by atoms with van der Waals surface area (Å²) in [5.41, 5.74) is 5.57. The molecule has 1 N–H and O–H groups in total. The lowest BCUT2D eigenvalue weighted by Crippen LogP contribution is -2.21. The van der Waals surface area contributed by atoms with E-state index in [0.717, 1.165) is 28.1 Å². The van der Waals surface area contributed by atoms with Crippen LogP contribution in [0.25, 0.3) is 22.2 Å². The van der Waals surface area contributed by atoms with E-state index in [-0.39, 0.29) is 17.0 Å². The van der Waals surface area contributed by atoms with E-state index >= 15 is 0 Å². The number of amides is 1. The molecule has 2 aromatic heterocycles. The molecule has 3 aromatic carbocycles. The molecule has 0 saturated heterocycles. The molecule has 35 heavy (non-hydrogen) atoms. The number of thiazole rings is 1. The molecule has 0 aliphatic rings. The van der Waals surface area contributed by atoms with Gasteiger partial charge in [0.1, 0.15) is 11.1 Å². The number of halogens is 2. The van der Waals surface area contributed by atoms with Gasteiger partial charge in [0.2, 0.25) is 5.55 Å². The molecule has 0 unspecified atom stereocenters. The SMILES string of the molecule is Cc1cccc(N=c2oc3ccc(Cl)cc3cc2C(=O)Nc2nc(-c3ccc(Cl)cc3)cs2)c1C. The highest BCUT2D eigenvalue weighted by atomic mass is 35.5. The Morgan fingerprint density at radius 2 is 1.77 bits per heavy atom. The Morgan fingerprint density at radius 3 is 2.57 bits per heavy atom. The molecule has 0 atom stereocenters. The highest BCUT2D eigenvalue weighted by Gasteiger charge is 2.16. The van der Waals surface area contributed by atoms with E-state index in [0.29, 0.717) is 26.1 Å². The molecular weight excluding hydrogens is 501 g/mol. The van der Waals surface area contributed by atoms with Crippen LogP contribution in [0.1, 0.15) is 21.5 Å². The van der Waals surface area contributed by atoms with Crippen LogP contribution in [0, 0.1) is 13.8 Å². The van der Waals surface area contributed by atoms with Crippen molar-refractivity contribution in [1.29, 1.82) is 0 Å². The molecule has 1 amide bonds. The molecule has 5 nitrogen and oxygen atoms in total. The Kier molecular flexibility index (Phi) is 6.43. The van der Waals surface area contributed by atoms with Crippen molar-refractivity contribution in [2.24, 2.45) is 4.99 Å². The summed E-state index contributed by atoms with van der Waals surface area (Å²) in [4.78, 5) is 22.6. The maximum atomic E-state index is 13.4. The smallest absolute Gasteiger partial charge is 0.262 e. The molecule has 0 saturated carbocycles. The number of hydrogen-bond donors (Lipinski definition) is 1. The summed E-state index contributed by atoms with van der Waals surface area (Å²) in [5, 5.41) is 7.12. The third-order valence-corrected chi connectivity index (χ3v) is 6.86. The number of aryl methyl sites for hydroxylation is 1. The minimum atomic E-state index is -0.378. The normalized spacial score (nSPS) is 11.7. The monoisotopic (exact) mass is 519 g/mol. The van der Waals surface area contributed by atoms with Gasteiger partial charge in [-0.25, -0.2) is 9.98 Å². The summed E-state index contributed by atoms with van der Waals surface area (Å²) in [7, 11) is 0. The van der Waals surface area contributed by atoms with Gasteiger partial charge in [-0.3, -0.25) is 10.1 Å². The predicted molar refractivity (Wildman–Crippen MR) is 143 cm³/mol. The second-order valence-electron chi connectivity index (χ2n) is 7.98. The van der Waals surface area contributed by atoms with Crippen molar-refractivity contribution in [2.75, 3.05) is 5.32 Å². The van der Waals surface area contributed by atoms with Gasteiger partial charge in [-0.2, -0.15) is 0 Å². The van der Waals surface area contributed by atoms with E-state index in [9.17, 15) is 4.79 Å². The summed E-state index contributed by atoms with van der Waals surface area (Å²) in [5.74, 6) is -0.378. The van der Waals surface area contributed by atoms with Gasteiger partial charge in [-0.05, 0) is 67.4 Å². The number of fused-ring (bicyclic) bond motifs is 1. The van der Waals surface area contributed by atoms with Gasteiger partial charge in [0.25, 0.3) is 5.91 Å². The van der Waals surface area contributed by atoms with Gasteiger partial charge in [0.05, 0.1) is 11.4 Å². The van der Waals surface area contributed by atoms with Gasteiger partial charge in [0.15, 0.2) is 5.13 Å². The number of anilines is 1. The predicted octanol–water partition coefficient (Wildman–Crippen LogP) is 7.96. The van der Waals surface area contributed by atoms with E-state index in [1.165, 1.54) is 11.3 Å². The first-order chi connectivity index (χ1) is 16.9. The molecule has 0 aliphatic carbocycles. The minimum Gasteiger partial charge on any atom is -0.438 e. The third kappa shape index (κ3) is 5.00. The lowest BCUT2D eigenvalue weighted by Gasteiger charge is -2.07. The van der Waals surface area contributed by atoms with E-state index < -0.39 is 0 Å². The first-order valence-electron chi connectivity index (χ1n) is 10.7. The third-order valence-electron chi connectivity index (χ3n) is 5.62. The zero-order valence-electron chi connectivity index (χ0n) is 18.8. The van der Waals surface area contributed by atoms with Crippen molar-refractivity contribution in [3.05, 3.63) is 104 Å². The fourth-order valence-electron chi connectivity index (χ4n) is 3.56. The molecule has 0 radical (unpaired) electrons. The number of carbonyl (C=O) groups excluding carboxylic acids is 1. The van der Waals surface area contributed by atoms with Crippen molar-refractivity contribution in [3.63, 3.8) is 0 Å². The number of benzene rings is 3. The molecule has 0 aliphatic heterocycles. The lowest BCUT2D eigenvalue weighted by atomic mass is 10.1. The molecule has 0 fully saturated rings. The molecule has 5 rings (SSSR count). The quantitative estimate of drug-likeness (QED) is 0.261. The molecule has 0 spiro atoms. The highest BCUT2D eigenvalue weighted by molar-refractivity contribution is 7.14. The van der Waals surface area contributed by atoms with Gasteiger partial charge < -0.3 is 4.42 Å². The Bertz CT molecular complexity index is 1640. The van der Waals surface area contributed by atoms with E-state index in [1.54, 1.807) is 36.4 Å². The summed E-state index contributed by atoms with van der Waals surface area (Å²) in [6.07, 6.45) is 0. The number of nitrogens with one attached hydrogen (secondary N) is 1. The molecule has 0 bridgehead atoms. The fourth-order valence-corrected chi connectivity index (χ4v) is 4.58. The van der Waals surface area contributed by atoms with Crippen molar-refractivity contribution < 1.29 is 9.21 Å². The first kappa shape index (κ1) is 23.3. The van der Waals surface area contributed by atoms with Crippen LogP contribution < -0.4 is 10.9 Å². The van der Waals surface area contributed by atoms with E-state index in [4.69, 9.17) is 32.6 Å². The Morgan fingerprint density at radius 1 is 1.00 bits per heavy atom. The summed E-state index contributed by atoms with van der Waals surface area (Å²) < 4.78 is 6.08. The Balaban J connectivity index is 1.56. The van der Waals surface area contributed by atoms with E-state index in [2.05, 4.69) is 10.3 Å². The maximum absolute atomic E-state index is 13.4. The average Bonchev–Trinajstić information content (AvgIpc) is 3.30. The number of aromatic nitrogens is 1. The number of nitrogens with zero attached hydrogens (tertiary/aromatic N) is 2. The molecular formula is C27H19Cl2N3O2S. The van der Waals surface area contributed by atoms with Crippen LogP contribution in [-0.4, -0.2) is 10.9 Å². The number of hydrogen-bond acceptors (Lipinski definition) is 5. The second kappa shape index (κ2) is 9.66. The number of rotatable bonds is 4. The van der Waals surface area contributed by atoms with E-state index in [1.807, 2.05) is 49.6 Å². The summed E-state index contributed by atoms with van der Waals surface area (Å²) >= 11 is 13.5. The van der Waals surface area contributed by atoms with Gasteiger partial charge in [-0.1, -0.05) is 47.5 Å². The molecule has 174 valence electrons. The minimum absolute atomic E-state index is 0.209. The first-order valence-corrected chi connectivity index (χ1v) is 12.4. The van der Waals surface area contributed by atoms with Crippen LogP contribution in [0.15, 0.2) is 81.5 Å². The second-order valence-corrected chi connectivity index (χ2v) is 9.71. The molecule has 5 aromatic rings. The Labute approximate surface area is 215 Å². The van der Waals surface area contributed by atoms with Crippen LogP contribution in [0.5, 0.6) is 0 Å². The summed E-state index contributed by atoms with van der Waals surface area (Å²) in [6.45, 7) is 4.00. The van der Waals surface area contributed by atoms with Crippen molar-refractivity contribution in [3.8, 4) is 11.3 Å². The standard InChI is InChI=1S/C27H19Cl2N3O2S/c1-15-4-3-5-22(16(15)2)30-26-21(13-18-12-20(29)10-11-24(18)34-26)25(33)32-27-31-23(14-35-27)17-6-8-19(28)9-7-17/h3-14H,1-2H3,(H,31,32,33). The van der Waals surface area contributed by atoms with Crippen LogP contribution in [0.2, 0.25) is 10.0 Å². The zero-order valence-corrected chi connectivity index (χ0v) is 21.1. The Hall–Kier alpha value is -3.45. The van der Waals surface area contributed by atoms with Crippen LogP contribution in [0.3, 0.4) is 0 Å². The molecule has 2 heterocycles. The van der Waals surface area contributed by atoms with Gasteiger partial charge in [0, 0.05) is 26.4 Å². The zero-order chi connectivity index (χ0) is 24.5. The van der Waals surface area contributed by atoms with Crippen molar-refractivity contribution >= 4 is 62.2 Å². The average molecular weight is 520 g/mol. The van der Waals surface area contributed by atoms with Crippen molar-refractivity contribution in [2.45, 2.75) is 13.8 Å². The van der Waals surface area contributed by atoms with Gasteiger partial charge >= 0.3 is 0 Å². The fraction of sp³-hybridized carbons (Fsp3) is 0.0741. The molecule has 8 heteroatoms. The highest BCUT2D eigenvalue weighted by Crippen LogP contribution is 2.27. The number of carbonyl (C=O) groups is 1. The summed E-state index contributed by atoms with van der Waals surface area (Å²) in [6, 6.07) is 20.2. The van der Waals surface area contributed by atoms with Gasteiger partial charge in [-0.15, -0.1) is 11.3 Å². The maximum Gasteiger partial charge on any atom is 0.262 e. The lowest BCUT2D eigenvalue weighted by molar-refractivity contribution is 0.102. The van der Waals surface area contributed by atoms with Crippen LogP contribution >= 0.6 is 34.5 Å². The van der Waals surface area contributed by atoms with Crippen LogP contribution in [0.4, 0.5) is 10.8 Å². The van der Waals surface area contributed by atoms with Crippen LogP contribution in [-0.2, 0) is 0 Å².